The molecule has 0 spiro atoms. The van der Waals surface area contributed by atoms with E-state index in [1.807, 2.05) is 0 Å². The van der Waals surface area contributed by atoms with E-state index in [1.165, 1.54) is 24.3 Å². The van der Waals surface area contributed by atoms with Gasteiger partial charge < -0.3 is 20.1 Å². The van der Waals surface area contributed by atoms with Crippen molar-refractivity contribution in [3.05, 3.63) is 54.0 Å². The molecule has 2 amide bonds. The molecule has 0 radical (unpaired) electrons. The lowest BCUT2D eigenvalue weighted by molar-refractivity contribution is -0.149. The minimum Gasteiger partial charge on any atom is -0.481 e. The minimum absolute atomic E-state index is 0.0300. The smallest absolute Gasteiger partial charge is 0.317 e. The van der Waals surface area contributed by atoms with Crippen molar-refractivity contribution in [2.45, 2.75) is 25.8 Å². The highest BCUT2D eigenvalue weighted by Crippen LogP contribution is 2.48. The van der Waals surface area contributed by atoms with E-state index in [1.54, 1.807) is 23.2 Å². The van der Waals surface area contributed by atoms with Crippen LogP contribution in [0.15, 0.2) is 42.6 Å². The predicted octanol–water partition coefficient (Wildman–Crippen LogP) is 3.41. The van der Waals surface area contributed by atoms with Gasteiger partial charge in [-0.25, -0.2) is 14.2 Å². The molecule has 1 aromatic heterocycles. The number of aromatic nitrogens is 1. The van der Waals surface area contributed by atoms with E-state index < -0.39 is 11.4 Å². The molecule has 0 bridgehead atoms. The van der Waals surface area contributed by atoms with E-state index in [9.17, 15) is 19.1 Å². The largest absolute Gasteiger partial charge is 0.481 e. The SMILES string of the molecule is O=C(NCc1ccnc(Oc2ccc(F)cc2)c1)N1C[C@@H]2CCC[C@@]2(C(=O)O)C1. The maximum absolute atomic E-state index is 13.0. The third kappa shape index (κ3) is 3.87. The molecule has 1 saturated carbocycles. The van der Waals surface area contributed by atoms with Crippen molar-refractivity contribution in [1.29, 1.82) is 0 Å². The number of nitrogens with one attached hydrogen (secondary N) is 1. The molecule has 2 atom stereocenters. The topological polar surface area (TPSA) is 91.8 Å². The van der Waals surface area contributed by atoms with Crippen LogP contribution in [0.4, 0.5) is 9.18 Å². The summed E-state index contributed by atoms with van der Waals surface area (Å²) in [5.74, 6) is -0.321. The second-order valence-corrected chi connectivity index (χ2v) is 7.65. The molecule has 8 heteroatoms. The second kappa shape index (κ2) is 7.69. The fourth-order valence-electron chi connectivity index (χ4n) is 4.32. The molecule has 2 fully saturated rings. The van der Waals surface area contributed by atoms with Gasteiger partial charge >= 0.3 is 12.0 Å². The van der Waals surface area contributed by atoms with Gasteiger partial charge in [-0.05, 0) is 54.7 Å². The number of carboxylic acids is 1. The van der Waals surface area contributed by atoms with Crippen molar-refractivity contribution >= 4 is 12.0 Å². The Bertz CT molecular complexity index is 920. The fraction of sp³-hybridized carbons (Fsp3) is 0.381. The van der Waals surface area contributed by atoms with Crippen molar-refractivity contribution in [3.63, 3.8) is 0 Å². The third-order valence-electron chi connectivity index (χ3n) is 5.86. The Hall–Kier alpha value is -3.16. The molecule has 4 rings (SSSR count). The normalized spacial score (nSPS) is 22.9. The van der Waals surface area contributed by atoms with Gasteiger partial charge in [0.1, 0.15) is 11.6 Å². The van der Waals surface area contributed by atoms with Crippen LogP contribution >= 0.6 is 0 Å². The maximum Gasteiger partial charge on any atom is 0.317 e. The zero-order valence-corrected chi connectivity index (χ0v) is 15.8. The van der Waals surface area contributed by atoms with Crippen LogP contribution < -0.4 is 10.1 Å². The highest BCUT2D eigenvalue weighted by atomic mass is 19.1. The number of pyridine rings is 1. The summed E-state index contributed by atoms with van der Waals surface area (Å²) < 4.78 is 18.6. The molecule has 2 N–H and O–H groups in total. The molecule has 1 aliphatic carbocycles. The van der Waals surface area contributed by atoms with Crippen LogP contribution in [-0.4, -0.2) is 40.1 Å². The number of nitrogens with zero attached hydrogens (tertiary/aromatic N) is 2. The molecule has 7 nitrogen and oxygen atoms in total. The number of carboxylic acid groups (broad SMARTS) is 1. The van der Waals surface area contributed by atoms with Gasteiger partial charge in [0.05, 0.1) is 5.41 Å². The first kappa shape index (κ1) is 19.2. The van der Waals surface area contributed by atoms with Gasteiger partial charge in [0, 0.05) is 31.9 Å². The van der Waals surface area contributed by atoms with Crippen LogP contribution in [-0.2, 0) is 11.3 Å². The van der Waals surface area contributed by atoms with E-state index in [0.717, 1.165) is 18.4 Å². The van der Waals surface area contributed by atoms with Crippen LogP contribution in [0.1, 0.15) is 24.8 Å². The summed E-state index contributed by atoms with van der Waals surface area (Å²) in [7, 11) is 0. The van der Waals surface area contributed by atoms with E-state index in [2.05, 4.69) is 10.3 Å². The molecule has 29 heavy (non-hydrogen) atoms. The number of urea groups is 1. The van der Waals surface area contributed by atoms with Crippen LogP contribution in [0, 0.1) is 17.2 Å². The quantitative estimate of drug-likeness (QED) is 0.804. The standard InChI is InChI=1S/C21H22FN3O4/c22-16-3-5-17(6-4-16)29-18-10-14(7-9-23-18)11-24-20(28)25-12-15-2-1-8-21(15,13-25)19(26)27/h3-7,9-10,15H,1-2,8,11-13H2,(H,24,28)(H,26,27)/t15-,21+/m0/s1. The summed E-state index contributed by atoms with van der Waals surface area (Å²) in [5, 5.41) is 12.5. The van der Waals surface area contributed by atoms with Gasteiger partial charge in [0.25, 0.3) is 0 Å². The maximum atomic E-state index is 13.0. The molecule has 152 valence electrons. The Balaban J connectivity index is 1.35. The Morgan fingerprint density at radius 1 is 1.31 bits per heavy atom. The average Bonchev–Trinajstić information content (AvgIpc) is 3.27. The van der Waals surface area contributed by atoms with E-state index in [0.29, 0.717) is 24.6 Å². The highest BCUT2D eigenvalue weighted by Gasteiger charge is 2.55. The van der Waals surface area contributed by atoms with Gasteiger partial charge in [-0.2, -0.15) is 0 Å². The van der Waals surface area contributed by atoms with E-state index >= 15 is 0 Å². The van der Waals surface area contributed by atoms with Crippen molar-refractivity contribution in [1.82, 2.24) is 15.2 Å². The summed E-state index contributed by atoms with van der Waals surface area (Å²) >= 11 is 0. The molecular weight excluding hydrogens is 377 g/mol. The monoisotopic (exact) mass is 399 g/mol. The minimum atomic E-state index is -0.799. The number of rotatable bonds is 5. The first-order valence-corrected chi connectivity index (χ1v) is 9.61. The third-order valence-corrected chi connectivity index (χ3v) is 5.86. The lowest BCUT2D eigenvalue weighted by atomic mass is 9.81. The number of halogens is 1. The molecule has 2 heterocycles. The lowest BCUT2D eigenvalue weighted by Crippen LogP contribution is -2.41. The number of amides is 2. The van der Waals surface area contributed by atoms with Gasteiger partial charge in [0.15, 0.2) is 0 Å². The molecular formula is C21H22FN3O4. The van der Waals surface area contributed by atoms with Crippen LogP contribution in [0.5, 0.6) is 11.6 Å². The predicted molar refractivity (Wildman–Crippen MR) is 102 cm³/mol. The molecule has 2 aliphatic rings. The highest BCUT2D eigenvalue weighted by molar-refractivity contribution is 5.80. The fourth-order valence-corrected chi connectivity index (χ4v) is 4.32. The number of likely N-dealkylation sites (tertiary alicyclic amines) is 1. The molecule has 1 aromatic carbocycles. The summed E-state index contributed by atoms with van der Waals surface area (Å²) in [6.45, 7) is 1.00. The van der Waals surface area contributed by atoms with Crippen molar-refractivity contribution in [2.75, 3.05) is 13.1 Å². The van der Waals surface area contributed by atoms with Gasteiger partial charge in [-0.15, -0.1) is 0 Å². The van der Waals surface area contributed by atoms with Gasteiger partial charge in [-0.3, -0.25) is 4.79 Å². The number of ether oxygens (including phenoxy) is 1. The van der Waals surface area contributed by atoms with Crippen molar-refractivity contribution in [3.8, 4) is 11.6 Å². The number of fused-ring (bicyclic) bond motifs is 1. The van der Waals surface area contributed by atoms with Crippen LogP contribution in [0.3, 0.4) is 0 Å². The summed E-state index contributed by atoms with van der Waals surface area (Å²) in [6, 6.07) is 8.81. The number of benzene rings is 1. The van der Waals surface area contributed by atoms with E-state index in [4.69, 9.17) is 4.74 Å². The number of carbonyl (C=O) groups excluding carboxylic acids is 1. The van der Waals surface area contributed by atoms with E-state index in [-0.39, 0.29) is 30.9 Å². The van der Waals surface area contributed by atoms with Crippen molar-refractivity contribution in [2.24, 2.45) is 11.3 Å². The summed E-state index contributed by atoms with van der Waals surface area (Å²) in [5.41, 5.74) is 0.00210. The van der Waals surface area contributed by atoms with Gasteiger partial charge in [0.2, 0.25) is 5.88 Å². The summed E-state index contributed by atoms with van der Waals surface area (Å²) in [6.07, 6.45) is 3.95. The molecule has 0 unspecified atom stereocenters. The Morgan fingerprint density at radius 3 is 2.83 bits per heavy atom. The number of carbonyl (C=O) groups is 2. The van der Waals surface area contributed by atoms with Crippen LogP contribution in [0.2, 0.25) is 0 Å². The Kier molecular flexibility index (Phi) is 5.08. The van der Waals surface area contributed by atoms with Crippen LogP contribution in [0.25, 0.3) is 0 Å². The Morgan fingerprint density at radius 2 is 2.10 bits per heavy atom. The number of aliphatic carboxylic acids is 1. The second-order valence-electron chi connectivity index (χ2n) is 7.65. The average molecular weight is 399 g/mol. The Labute approximate surface area is 167 Å². The zero-order chi connectivity index (χ0) is 20.4. The van der Waals surface area contributed by atoms with Gasteiger partial charge in [-0.1, -0.05) is 6.42 Å². The zero-order valence-electron chi connectivity index (χ0n) is 15.8. The molecule has 2 aromatic rings. The first-order chi connectivity index (χ1) is 14.0. The first-order valence-electron chi connectivity index (χ1n) is 9.61. The molecule has 1 saturated heterocycles. The number of hydrogen-bond donors (Lipinski definition) is 2. The van der Waals surface area contributed by atoms with Crippen molar-refractivity contribution < 1.29 is 23.8 Å². The number of hydrogen-bond acceptors (Lipinski definition) is 4. The molecule has 1 aliphatic heterocycles. The lowest BCUT2D eigenvalue weighted by Gasteiger charge is -2.23. The summed E-state index contributed by atoms with van der Waals surface area (Å²) in [4.78, 5) is 30.1.